The molecule has 5 heteroatoms. The lowest BCUT2D eigenvalue weighted by Crippen LogP contribution is -2.59. The topological polar surface area (TPSA) is 66.8 Å². The molecule has 0 aliphatic carbocycles. The zero-order valence-electron chi connectivity index (χ0n) is 10.4. The van der Waals surface area contributed by atoms with Gasteiger partial charge >= 0.3 is 5.97 Å². The summed E-state index contributed by atoms with van der Waals surface area (Å²) < 4.78 is 0. The van der Waals surface area contributed by atoms with Crippen molar-refractivity contribution in [3.63, 3.8) is 0 Å². The van der Waals surface area contributed by atoms with Crippen molar-refractivity contribution in [1.29, 1.82) is 0 Å². The molecule has 0 bridgehead atoms. The average molecular weight is 229 g/mol. The van der Waals surface area contributed by atoms with Gasteiger partial charge in [-0.3, -0.25) is 9.63 Å². The van der Waals surface area contributed by atoms with E-state index >= 15 is 0 Å². The molecular formula is C11H19NO4. The van der Waals surface area contributed by atoms with Gasteiger partial charge in [0.1, 0.15) is 0 Å². The standard InChI is InChI=1S/C11H19NO4/c1-7(8(13)14)12-9(15)11(4,5)10(2,3)6-16-12/h7H,6H2,1-5H3,(H,13,14). The zero-order chi connectivity index (χ0) is 12.7. The zero-order valence-corrected chi connectivity index (χ0v) is 10.4. The number of carboxylic acid groups (broad SMARTS) is 1. The maximum atomic E-state index is 12.1. The van der Waals surface area contributed by atoms with Crippen LogP contribution in [0.5, 0.6) is 0 Å². The van der Waals surface area contributed by atoms with Gasteiger partial charge < -0.3 is 5.11 Å². The lowest BCUT2D eigenvalue weighted by Gasteiger charge is -2.48. The molecule has 1 aliphatic heterocycles. The second kappa shape index (κ2) is 3.73. The third-order valence-corrected chi connectivity index (χ3v) is 3.70. The third kappa shape index (κ3) is 1.80. The minimum Gasteiger partial charge on any atom is -0.480 e. The number of hydrogen-bond acceptors (Lipinski definition) is 3. The number of aliphatic carboxylic acids is 1. The highest BCUT2D eigenvalue weighted by Crippen LogP contribution is 2.44. The van der Waals surface area contributed by atoms with Crippen LogP contribution in [-0.4, -0.2) is 34.7 Å². The van der Waals surface area contributed by atoms with Crippen LogP contribution in [0.1, 0.15) is 34.6 Å². The molecule has 0 aromatic heterocycles. The first-order valence-corrected chi connectivity index (χ1v) is 5.30. The molecule has 5 nitrogen and oxygen atoms in total. The van der Waals surface area contributed by atoms with Gasteiger partial charge in [-0.2, -0.15) is 0 Å². The largest absolute Gasteiger partial charge is 0.480 e. The predicted molar refractivity (Wildman–Crippen MR) is 57.5 cm³/mol. The Morgan fingerprint density at radius 2 is 1.94 bits per heavy atom. The summed E-state index contributed by atoms with van der Waals surface area (Å²) in [5.41, 5.74) is -0.937. The number of carbonyl (C=O) groups excluding carboxylic acids is 1. The summed E-state index contributed by atoms with van der Waals surface area (Å²) in [5, 5.41) is 9.86. The fraction of sp³-hybridized carbons (Fsp3) is 0.818. The van der Waals surface area contributed by atoms with Gasteiger partial charge in [-0.1, -0.05) is 27.7 Å². The molecule has 1 unspecified atom stereocenters. The van der Waals surface area contributed by atoms with E-state index in [-0.39, 0.29) is 11.3 Å². The number of rotatable bonds is 2. The quantitative estimate of drug-likeness (QED) is 0.774. The molecule has 92 valence electrons. The van der Waals surface area contributed by atoms with E-state index in [1.54, 1.807) is 0 Å². The molecule has 1 fully saturated rings. The monoisotopic (exact) mass is 229 g/mol. The Morgan fingerprint density at radius 3 is 2.38 bits per heavy atom. The van der Waals surface area contributed by atoms with Gasteiger partial charge in [-0.05, 0) is 6.92 Å². The van der Waals surface area contributed by atoms with Crippen molar-refractivity contribution >= 4 is 11.9 Å². The molecule has 1 aliphatic rings. The first kappa shape index (κ1) is 13.0. The Morgan fingerprint density at radius 1 is 1.44 bits per heavy atom. The van der Waals surface area contributed by atoms with Crippen molar-refractivity contribution in [2.75, 3.05) is 6.61 Å². The van der Waals surface area contributed by atoms with Crippen molar-refractivity contribution in [3.05, 3.63) is 0 Å². The lowest BCUT2D eigenvalue weighted by molar-refractivity contribution is -0.254. The predicted octanol–water partition coefficient (Wildman–Crippen LogP) is 1.29. The Hall–Kier alpha value is -1.10. The second-order valence-corrected chi connectivity index (χ2v) is 5.43. The summed E-state index contributed by atoms with van der Waals surface area (Å²) in [4.78, 5) is 28.3. The molecule has 0 saturated carbocycles. The van der Waals surface area contributed by atoms with E-state index in [0.717, 1.165) is 5.06 Å². The van der Waals surface area contributed by atoms with Crippen LogP contribution in [-0.2, 0) is 14.4 Å². The molecule has 1 amide bonds. The number of hydroxylamine groups is 2. The minimum atomic E-state index is -1.07. The van der Waals surface area contributed by atoms with E-state index in [0.29, 0.717) is 6.61 Å². The van der Waals surface area contributed by atoms with Crippen LogP contribution in [0.3, 0.4) is 0 Å². The van der Waals surface area contributed by atoms with Gasteiger partial charge in [0.2, 0.25) is 0 Å². The smallest absolute Gasteiger partial charge is 0.328 e. The van der Waals surface area contributed by atoms with E-state index in [9.17, 15) is 9.59 Å². The van der Waals surface area contributed by atoms with E-state index in [4.69, 9.17) is 9.94 Å². The summed E-state index contributed by atoms with van der Waals surface area (Å²) in [6.45, 7) is 9.29. The highest BCUT2D eigenvalue weighted by Gasteiger charge is 2.51. The fourth-order valence-corrected chi connectivity index (χ4v) is 1.42. The van der Waals surface area contributed by atoms with Gasteiger partial charge in [0, 0.05) is 5.41 Å². The molecule has 1 N–H and O–H groups in total. The number of nitrogens with zero attached hydrogens (tertiary/aromatic N) is 1. The van der Waals surface area contributed by atoms with Crippen LogP contribution < -0.4 is 0 Å². The van der Waals surface area contributed by atoms with Gasteiger partial charge in [0.05, 0.1) is 12.0 Å². The van der Waals surface area contributed by atoms with Crippen LogP contribution in [0, 0.1) is 10.8 Å². The summed E-state index contributed by atoms with van der Waals surface area (Å²) >= 11 is 0. The fourth-order valence-electron chi connectivity index (χ4n) is 1.42. The minimum absolute atomic E-state index is 0.279. The average Bonchev–Trinajstić information content (AvgIpc) is 2.14. The van der Waals surface area contributed by atoms with Crippen molar-refractivity contribution in [2.24, 2.45) is 10.8 Å². The van der Waals surface area contributed by atoms with E-state index in [1.807, 2.05) is 27.7 Å². The number of amides is 1. The summed E-state index contributed by atoms with van der Waals surface area (Å²) in [6, 6.07) is -0.956. The van der Waals surface area contributed by atoms with Gasteiger partial charge in [-0.25, -0.2) is 9.86 Å². The molecular weight excluding hydrogens is 210 g/mol. The van der Waals surface area contributed by atoms with Crippen LogP contribution in [0.2, 0.25) is 0 Å². The Labute approximate surface area is 95.3 Å². The molecule has 0 aromatic rings. The van der Waals surface area contributed by atoms with Crippen molar-refractivity contribution in [2.45, 2.75) is 40.7 Å². The van der Waals surface area contributed by atoms with Crippen LogP contribution >= 0.6 is 0 Å². The molecule has 16 heavy (non-hydrogen) atoms. The summed E-state index contributed by atoms with van der Waals surface area (Å²) in [6.07, 6.45) is 0. The van der Waals surface area contributed by atoms with Gasteiger partial charge in [0.25, 0.3) is 5.91 Å². The Kier molecular flexibility index (Phi) is 3.02. The highest BCUT2D eigenvalue weighted by molar-refractivity contribution is 5.87. The van der Waals surface area contributed by atoms with Crippen molar-refractivity contribution in [1.82, 2.24) is 5.06 Å². The Bertz CT molecular complexity index is 322. The maximum Gasteiger partial charge on any atom is 0.328 e. The molecule has 0 aromatic carbocycles. The SMILES string of the molecule is CC(C(=O)O)N1OCC(C)(C)C(C)(C)C1=O. The molecule has 1 heterocycles. The summed E-state index contributed by atoms with van der Waals surface area (Å²) in [7, 11) is 0. The first-order chi connectivity index (χ1) is 7.11. The molecule has 1 saturated heterocycles. The third-order valence-electron chi connectivity index (χ3n) is 3.70. The number of hydrogen-bond donors (Lipinski definition) is 1. The lowest BCUT2D eigenvalue weighted by atomic mass is 9.67. The van der Waals surface area contributed by atoms with Crippen LogP contribution in [0.4, 0.5) is 0 Å². The van der Waals surface area contributed by atoms with Gasteiger partial charge in [0.15, 0.2) is 6.04 Å². The van der Waals surface area contributed by atoms with Gasteiger partial charge in [-0.15, -0.1) is 0 Å². The highest BCUT2D eigenvalue weighted by atomic mass is 16.7. The first-order valence-electron chi connectivity index (χ1n) is 5.30. The molecule has 1 rings (SSSR count). The number of carbonyl (C=O) groups is 2. The van der Waals surface area contributed by atoms with E-state index < -0.39 is 17.4 Å². The second-order valence-electron chi connectivity index (χ2n) is 5.43. The molecule has 0 radical (unpaired) electrons. The van der Waals surface area contributed by atoms with E-state index in [1.165, 1.54) is 6.92 Å². The van der Waals surface area contributed by atoms with Crippen molar-refractivity contribution < 1.29 is 19.5 Å². The van der Waals surface area contributed by atoms with Crippen molar-refractivity contribution in [3.8, 4) is 0 Å². The number of carboxylic acids is 1. The molecule has 1 atom stereocenters. The van der Waals surface area contributed by atoms with Crippen LogP contribution in [0.15, 0.2) is 0 Å². The maximum absolute atomic E-state index is 12.1. The molecule has 0 spiro atoms. The summed E-state index contributed by atoms with van der Waals surface area (Å²) in [5.74, 6) is -1.34. The normalized spacial score (nSPS) is 25.3. The van der Waals surface area contributed by atoms with E-state index in [2.05, 4.69) is 0 Å². The Balaban J connectivity index is 2.98. The van der Waals surface area contributed by atoms with Crippen LogP contribution in [0.25, 0.3) is 0 Å².